The van der Waals surface area contributed by atoms with Crippen molar-refractivity contribution in [3.05, 3.63) is 35.4 Å². The first kappa shape index (κ1) is 12.9. The van der Waals surface area contributed by atoms with Crippen LogP contribution in [0, 0.1) is 0 Å². The highest BCUT2D eigenvalue weighted by atomic mass is 16.4. The van der Waals surface area contributed by atoms with E-state index in [-0.39, 0.29) is 6.04 Å². The van der Waals surface area contributed by atoms with E-state index in [1.54, 1.807) is 0 Å². The highest BCUT2D eigenvalue weighted by Crippen LogP contribution is 2.29. The first-order valence-electron chi connectivity index (χ1n) is 6.40. The lowest BCUT2D eigenvalue weighted by Gasteiger charge is -2.35. The first-order chi connectivity index (χ1) is 8.61. The van der Waals surface area contributed by atoms with Gasteiger partial charge < -0.3 is 10.4 Å². The second kappa shape index (κ2) is 5.40. The van der Waals surface area contributed by atoms with Crippen molar-refractivity contribution in [1.29, 1.82) is 0 Å². The Labute approximate surface area is 108 Å². The third-order valence-corrected chi connectivity index (χ3v) is 3.47. The number of hydrogen-bond donors (Lipinski definition) is 2. The van der Waals surface area contributed by atoms with Crippen LogP contribution in [0.3, 0.4) is 0 Å². The lowest BCUT2D eigenvalue weighted by Crippen LogP contribution is -2.48. The van der Waals surface area contributed by atoms with Crippen molar-refractivity contribution < 1.29 is 9.90 Å². The normalized spacial score (nSPS) is 20.2. The standard InChI is InChI=1S/C14H20N2O2/c1-10(2)11-5-3-4-6-12(11)13-9-15-7-8-16(13)14(17)18/h3-6,10,13,15H,7-9H2,1-2H3,(H,17,18). The largest absolute Gasteiger partial charge is 0.465 e. The van der Waals surface area contributed by atoms with Crippen molar-refractivity contribution in [3.8, 4) is 0 Å². The van der Waals surface area contributed by atoms with E-state index in [9.17, 15) is 9.90 Å². The summed E-state index contributed by atoms with van der Waals surface area (Å²) in [4.78, 5) is 12.9. The summed E-state index contributed by atoms with van der Waals surface area (Å²) in [5.41, 5.74) is 2.36. The van der Waals surface area contributed by atoms with E-state index < -0.39 is 6.09 Å². The fourth-order valence-electron chi connectivity index (χ4n) is 2.55. The van der Waals surface area contributed by atoms with Crippen molar-refractivity contribution in [2.24, 2.45) is 0 Å². The van der Waals surface area contributed by atoms with Crippen LogP contribution in [-0.4, -0.2) is 35.7 Å². The summed E-state index contributed by atoms with van der Waals surface area (Å²) in [7, 11) is 0. The Balaban J connectivity index is 2.36. The number of carboxylic acid groups (broad SMARTS) is 1. The molecule has 1 heterocycles. The molecule has 1 atom stereocenters. The number of hydrogen-bond acceptors (Lipinski definition) is 2. The van der Waals surface area contributed by atoms with E-state index >= 15 is 0 Å². The molecule has 0 spiro atoms. The topological polar surface area (TPSA) is 52.6 Å². The molecule has 2 N–H and O–H groups in total. The third-order valence-electron chi connectivity index (χ3n) is 3.47. The highest BCUT2D eigenvalue weighted by molar-refractivity contribution is 5.66. The molecule has 1 aliphatic heterocycles. The summed E-state index contributed by atoms with van der Waals surface area (Å²) in [5.74, 6) is 0.402. The summed E-state index contributed by atoms with van der Waals surface area (Å²) in [5, 5.41) is 12.6. The average molecular weight is 248 g/mol. The zero-order valence-electron chi connectivity index (χ0n) is 10.9. The summed E-state index contributed by atoms with van der Waals surface area (Å²) >= 11 is 0. The SMILES string of the molecule is CC(C)c1ccccc1C1CNCCN1C(=O)O. The predicted molar refractivity (Wildman–Crippen MR) is 70.9 cm³/mol. The molecule has 0 aromatic heterocycles. The lowest BCUT2D eigenvalue weighted by molar-refractivity contribution is 0.112. The molecule has 18 heavy (non-hydrogen) atoms. The molecule has 0 aliphatic carbocycles. The second-order valence-electron chi connectivity index (χ2n) is 4.98. The summed E-state index contributed by atoms with van der Waals surface area (Å²) in [6.07, 6.45) is -0.833. The second-order valence-corrected chi connectivity index (χ2v) is 4.98. The van der Waals surface area contributed by atoms with Crippen LogP contribution in [0.15, 0.2) is 24.3 Å². The molecule has 1 aliphatic rings. The van der Waals surface area contributed by atoms with Gasteiger partial charge in [0, 0.05) is 19.6 Å². The smallest absolute Gasteiger partial charge is 0.407 e. The molecule has 1 fully saturated rings. The monoisotopic (exact) mass is 248 g/mol. The van der Waals surface area contributed by atoms with Gasteiger partial charge in [-0.3, -0.25) is 4.90 Å². The Morgan fingerprint density at radius 1 is 1.44 bits per heavy atom. The highest BCUT2D eigenvalue weighted by Gasteiger charge is 2.29. The van der Waals surface area contributed by atoms with E-state index in [0.717, 1.165) is 12.1 Å². The Morgan fingerprint density at radius 3 is 2.83 bits per heavy atom. The molecule has 4 heteroatoms. The van der Waals surface area contributed by atoms with Crippen molar-refractivity contribution >= 4 is 6.09 Å². The van der Waals surface area contributed by atoms with Crippen LogP contribution in [0.2, 0.25) is 0 Å². The van der Waals surface area contributed by atoms with Gasteiger partial charge in [-0.2, -0.15) is 0 Å². The van der Waals surface area contributed by atoms with Crippen LogP contribution in [0.1, 0.15) is 36.9 Å². The molecule has 1 unspecified atom stereocenters. The fraction of sp³-hybridized carbons (Fsp3) is 0.500. The van der Waals surface area contributed by atoms with E-state index in [1.165, 1.54) is 10.5 Å². The zero-order valence-corrected chi connectivity index (χ0v) is 10.9. The maximum Gasteiger partial charge on any atom is 0.407 e. The van der Waals surface area contributed by atoms with E-state index in [4.69, 9.17) is 0 Å². The third kappa shape index (κ3) is 2.48. The van der Waals surface area contributed by atoms with Crippen molar-refractivity contribution in [3.63, 3.8) is 0 Å². The number of nitrogens with one attached hydrogen (secondary N) is 1. The molecule has 1 aromatic carbocycles. The quantitative estimate of drug-likeness (QED) is 0.845. The molecule has 4 nitrogen and oxygen atoms in total. The number of piperazine rings is 1. The average Bonchev–Trinajstić information content (AvgIpc) is 2.38. The van der Waals surface area contributed by atoms with Gasteiger partial charge in [0.1, 0.15) is 0 Å². The molecular formula is C14H20N2O2. The summed E-state index contributed by atoms with van der Waals surface area (Å²) in [6.45, 7) is 6.25. The Hall–Kier alpha value is -1.55. The van der Waals surface area contributed by atoms with E-state index in [2.05, 4.69) is 25.2 Å². The van der Waals surface area contributed by atoms with Gasteiger partial charge in [0.05, 0.1) is 6.04 Å². The molecule has 2 rings (SSSR count). The fourth-order valence-corrected chi connectivity index (χ4v) is 2.55. The molecule has 1 saturated heterocycles. The van der Waals surface area contributed by atoms with Gasteiger partial charge in [-0.1, -0.05) is 38.1 Å². The minimum absolute atomic E-state index is 0.0742. The molecule has 1 amide bonds. The van der Waals surface area contributed by atoms with Gasteiger partial charge >= 0.3 is 6.09 Å². The Kier molecular flexibility index (Phi) is 3.87. The van der Waals surface area contributed by atoms with Crippen LogP contribution in [-0.2, 0) is 0 Å². The lowest BCUT2D eigenvalue weighted by atomic mass is 9.91. The van der Waals surface area contributed by atoms with Gasteiger partial charge in [-0.15, -0.1) is 0 Å². The molecular weight excluding hydrogens is 228 g/mol. The number of carbonyl (C=O) groups is 1. The van der Waals surface area contributed by atoms with Gasteiger partial charge in [-0.25, -0.2) is 4.79 Å². The zero-order chi connectivity index (χ0) is 13.1. The number of benzene rings is 1. The van der Waals surface area contributed by atoms with Gasteiger partial charge in [0.25, 0.3) is 0 Å². The van der Waals surface area contributed by atoms with E-state index in [0.29, 0.717) is 19.0 Å². The number of nitrogens with zero attached hydrogens (tertiary/aromatic N) is 1. The Bertz CT molecular complexity index is 432. The maximum atomic E-state index is 11.3. The van der Waals surface area contributed by atoms with Gasteiger partial charge in [0.15, 0.2) is 0 Å². The van der Waals surface area contributed by atoms with Crippen molar-refractivity contribution in [2.75, 3.05) is 19.6 Å². The van der Waals surface area contributed by atoms with Gasteiger partial charge in [-0.05, 0) is 17.0 Å². The number of rotatable bonds is 2. The molecule has 0 radical (unpaired) electrons. The minimum Gasteiger partial charge on any atom is -0.465 e. The Morgan fingerprint density at radius 2 is 2.17 bits per heavy atom. The first-order valence-corrected chi connectivity index (χ1v) is 6.40. The molecule has 98 valence electrons. The molecule has 0 bridgehead atoms. The van der Waals surface area contributed by atoms with Crippen LogP contribution >= 0.6 is 0 Å². The summed E-state index contributed by atoms with van der Waals surface area (Å²) in [6, 6.07) is 8.06. The van der Waals surface area contributed by atoms with Crippen LogP contribution in [0.4, 0.5) is 4.79 Å². The van der Waals surface area contributed by atoms with Crippen LogP contribution in [0.5, 0.6) is 0 Å². The minimum atomic E-state index is -0.833. The molecule has 1 aromatic rings. The van der Waals surface area contributed by atoms with Crippen LogP contribution in [0.25, 0.3) is 0 Å². The number of amides is 1. The summed E-state index contributed by atoms with van der Waals surface area (Å²) < 4.78 is 0. The van der Waals surface area contributed by atoms with E-state index in [1.807, 2.05) is 18.2 Å². The van der Waals surface area contributed by atoms with Crippen molar-refractivity contribution in [2.45, 2.75) is 25.8 Å². The maximum absolute atomic E-state index is 11.3. The van der Waals surface area contributed by atoms with Crippen LogP contribution < -0.4 is 5.32 Å². The van der Waals surface area contributed by atoms with Gasteiger partial charge in [0.2, 0.25) is 0 Å². The van der Waals surface area contributed by atoms with Crippen molar-refractivity contribution in [1.82, 2.24) is 10.2 Å². The molecule has 0 saturated carbocycles. The predicted octanol–water partition coefficient (Wildman–Crippen LogP) is 2.43.